The Bertz CT molecular complexity index is 745. The lowest BCUT2D eigenvalue weighted by atomic mass is 9.99. The van der Waals surface area contributed by atoms with Crippen molar-refractivity contribution in [3.8, 4) is 0 Å². The number of aliphatic hydroxyl groups excluding tert-OH is 1. The molecule has 0 aromatic rings. The monoisotopic (exact) mass is 606 g/mol. The van der Waals surface area contributed by atoms with Crippen LogP contribution < -0.4 is 0 Å². The zero-order chi connectivity index (χ0) is 30.6. The third-order valence-corrected chi connectivity index (χ3v) is 13.3. The van der Waals surface area contributed by atoms with Crippen molar-refractivity contribution >= 4 is 40.3 Å². The molecule has 40 heavy (non-hydrogen) atoms. The van der Waals surface area contributed by atoms with Crippen LogP contribution in [0.5, 0.6) is 0 Å². The number of ether oxygens (including phenoxy) is 1. The predicted octanol–water partition coefficient (Wildman–Crippen LogP) is 4.08. The number of aliphatic hydroxyl groups is 1. The molecule has 0 heterocycles. The summed E-state index contributed by atoms with van der Waals surface area (Å²) in [4.78, 5) is 48.9. The lowest BCUT2D eigenvalue weighted by Gasteiger charge is -2.24. The van der Waals surface area contributed by atoms with Gasteiger partial charge in [0.2, 0.25) is 0 Å². The molecule has 1 N–H and O–H groups in total. The van der Waals surface area contributed by atoms with E-state index in [1.165, 1.54) is 14.2 Å². The predicted molar refractivity (Wildman–Crippen MR) is 157 cm³/mol. The SMILES string of the molecule is CO[Si](C)(CCCCC(=O)CC(=O)CC(C)COCC(C)CC(=O)CC(=O)CCCC[Si](CO)(OC)OC)OC. The van der Waals surface area contributed by atoms with Crippen molar-refractivity contribution in [3.63, 3.8) is 0 Å². The van der Waals surface area contributed by atoms with E-state index in [0.29, 0.717) is 44.9 Å². The first kappa shape index (κ1) is 38.9. The molecular formula is C28H54O10Si2. The van der Waals surface area contributed by atoms with E-state index in [9.17, 15) is 24.3 Å². The van der Waals surface area contributed by atoms with Gasteiger partial charge in [-0.25, -0.2) is 0 Å². The van der Waals surface area contributed by atoms with Gasteiger partial charge in [0.25, 0.3) is 0 Å². The lowest BCUT2D eigenvalue weighted by molar-refractivity contribution is -0.129. The molecule has 10 nitrogen and oxygen atoms in total. The topological polar surface area (TPSA) is 135 Å². The van der Waals surface area contributed by atoms with E-state index in [1.54, 1.807) is 14.2 Å². The van der Waals surface area contributed by atoms with Crippen LogP contribution in [0.25, 0.3) is 0 Å². The summed E-state index contributed by atoms with van der Waals surface area (Å²) in [6, 6.07) is 1.41. The molecule has 12 heteroatoms. The molecule has 0 saturated heterocycles. The molecule has 2 unspecified atom stereocenters. The second kappa shape index (κ2) is 21.6. The minimum atomic E-state index is -2.57. The minimum absolute atomic E-state index is 0.0243. The number of hydrogen-bond donors (Lipinski definition) is 1. The Hall–Kier alpha value is -1.13. The summed E-state index contributed by atoms with van der Waals surface area (Å²) in [5, 5.41) is 9.47. The second-order valence-corrected chi connectivity index (χ2v) is 18.1. The maximum atomic E-state index is 12.3. The van der Waals surface area contributed by atoms with Gasteiger partial charge in [0.1, 0.15) is 23.1 Å². The molecule has 0 aliphatic heterocycles. The Kier molecular flexibility index (Phi) is 21.0. The summed E-state index contributed by atoms with van der Waals surface area (Å²) < 4.78 is 27.3. The van der Waals surface area contributed by atoms with Crippen molar-refractivity contribution in [1.29, 1.82) is 0 Å². The van der Waals surface area contributed by atoms with Crippen molar-refractivity contribution in [1.82, 2.24) is 0 Å². The fourth-order valence-corrected chi connectivity index (χ4v) is 7.64. The Labute approximate surface area is 243 Å². The van der Waals surface area contributed by atoms with E-state index in [0.717, 1.165) is 18.9 Å². The van der Waals surface area contributed by atoms with Gasteiger partial charge in [0.05, 0.1) is 19.1 Å². The van der Waals surface area contributed by atoms with Crippen molar-refractivity contribution in [3.05, 3.63) is 0 Å². The van der Waals surface area contributed by atoms with E-state index in [2.05, 4.69) is 0 Å². The van der Waals surface area contributed by atoms with Crippen LogP contribution in [0, 0.1) is 11.8 Å². The van der Waals surface area contributed by atoms with E-state index in [4.69, 9.17) is 22.4 Å². The maximum Gasteiger partial charge on any atom is 0.363 e. The molecule has 234 valence electrons. The Morgan fingerprint density at radius 1 is 0.650 bits per heavy atom. The Morgan fingerprint density at radius 2 is 1.07 bits per heavy atom. The second-order valence-electron chi connectivity index (χ2n) is 11.1. The molecule has 0 aromatic carbocycles. The van der Waals surface area contributed by atoms with Crippen LogP contribution in [-0.4, -0.2) is 93.2 Å². The summed E-state index contributed by atoms with van der Waals surface area (Å²) in [5.74, 6) is -0.370. The lowest BCUT2D eigenvalue weighted by Crippen LogP contribution is -2.44. The van der Waals surface area contributed by atoms with E-state index >= 15 is 0 Å². The number of Topliss-reactive ketones (excluding diaryl/α,β-unsaturated/α-hetero) is 4. The van der Waals surface area contributed by atoms with Crippen molar-refractivity contribution in [2.24, 2.45) is 11.8 Å². The van der Waals surface area contributed by atoms with Gasteiger partial charge >= 0.3 is 17.1 Å². The maximum absolute atomic E-state index is 12.3. The fraction of sp³-hybridized carbons (Fsp3) is 0.857. The van der Waals surface area contributed by atoms with Crippen molar-refractivity contribution < 1.29 is 46.7 Å². The van der Waals surface area contributed by atoms with Gasteiger partial charge < -0.3 is 27.5 Å². The van der Waals surface area contributed by atoms with Crippen LogP contribution in [0.3, 0.4) is 0 Å². The van der Waals surface area contributed by atoms with Crippen LogP contribution >= 0.6 is 0 Å². The number of unbranched alkanes of at least 4 members (excludes halogenated alkanes) is 2. The third-order valence-electron chi connectivity index (χ3n) is 7.19. The highest BCUT2D eigenvalue weighted by Gasteiger charge is 2.34. The average Bonchev–Trinajstić information content (AvgIpc) is 2.91. The van der Waals surface area contributed by atoms with Crippen LogP contribution in [-0.2, 0) is 41.6 Å². The number of ketones is 4. The highest BCUT2D eigenvalue weighted by atomic mass is 28.4. The average molecular weight is 607 g/mol. The number of carbonyl (C=O) groups is 4. The quantitative estimate of drug-likeness (QED) is 0.0828. The molecule has 0 amide bonds. The van der Waals surface area contributed by atoms with Gasteiger partial charge in [-0.15, -0.1) is 0 Å². The number of hydrogen-bond acceptors (Lipinski definition) is 10. The summed E-state index contributed by atoms with van der Waals surface area (Å²) in [5.41, 5.74) is 0. The molecule has 0 aliphatic rings. The fourth-order valence-electron chi connectivity index (χ4n) is 4.39. The molecule has 0 fully saturated rings. The Balaban J connectivity index is 4.06. The van der Waals surface area contributed by atoms with Crippen LogP contribution in [0.2, 0.25) is 18.6 Å². The van der Waals surface area contributed by atoms with Gasteiger partial charge in [-0.3, -0.25) is 19.2 Å². The van der Waals surface area contributed by atoms with Gasteiger partial charge in [-0.1, -0.05) is 26.7 Å². The van der Waals surface area contributed by atoms with Crippen LogP contribution in [0.15, 0.2) is 0 Å². The molecule has 0 aliphatic carbocycles. The van der Waals surface area contributed by atoms with E-state index in [1.807, 2.05) is 20.4 Å². The zero-order valence-corrected chi connectivity index (χ0v) is 27.9. The summed E-state index contributed by atoms with van der Waals surface area (Å²) in [6.45, 7) is 6.53. The standard InChI is InChI=1S/C28H54O10Si2/c1-23(16-27(32)18-25(30)12-8-10-14-39(7,34-3)35-4)20-38-21-24(2)17-28(33)19-26(31)13-9-11-15-40(22-29,36-5)37-6/h23-24,29H,8-22H2,1-7H3. The van der Waals surface area contributed by atoms with Gasteiger partial charge in [0, 0.05) is 67.3 Å². The van der Waals surface area contributed by atoms with Crippen molar-refractivity contribution in [2.45, 2.75) is 96.7 Å². The summed E-state index contributed by atoms with van der Waals surface area (Å²) in [7, 11) is 1.66. The number of rotatable bonds is 27. The molecular weight excluding hydrogens is 552 g/mol. The van der Waals surface area contributed by atoms with E-state index in [-0.39, 0.29) is 66.9 Å². The Morgan fingerprint density at radius 3 is 1.45 bits per heavy atom. The first-order valence-electron chi connectivity index (χ1n) is 14.3. The highest BCUT2D eigenvalue weighted by Crippen LogP contribution is 2.18. The zero-order valence-electron chi connectivity index (χ0n) is 25.9. The molecule has 0 bridgehead atoms. The van der Waals surface area contributed by atoms with Crippen LogP contribution in [0.4, 0.5) is 0 Å². The minimum Gasteiger partial charge on any atom is -0.398 e. The van der Waals surface area contributed by atoms with Gasteiger partial charge in [-0.05, 0) is 43.3 Å². The molecule has 0 rings (SSSR count). The number of carbonyl (C=O) groups excluding carboxylic acids is 4. The first-order chi connectivity index (χ1) is 18.9. The normalized spacial score (nSPS) is 13.7. The largest absolute Gasteiger partial charge is 0.398 e. The molecule has 0 radical (unpaired) electrons. The van der Waals surface area contributed by atoms with Gasteiger partial charge in [-0.2, -0.15) is 0 Å². The van der Waals surface area contributed by atoms with Crippen molar-refractivity contribution in [2.75, 3.05) is 47.9 Å². The third kappa shape index (κ3) is 17.6. The molecule has 2 atom stereocenters. The smallest absolute Gasteiger partial charge is 0.363 e. The van der Waals surface area contributed by atoms with E-state index < -0.39 is 17.1 Å². The highest BCUT2D eigenvalue weighted by molar-refractivity contribution is 6.67. The van der Waals surface area contributed by atoms with Gasteiger partial charge in [0.15, 0.2) is 0 Å². The summed E-state index contributed by atoms with van der Waals surface area (Å²) >= 11 is 0. The summed E-state index contributed by atoms with van der Waals surface area (Å²) in [6.07, 6.45) is 3.85. The molecule has 0 aromatic heterocycles. The van der Waals surface area contributed by atoms with Crippen LogP contribution in [0.1, 0.15) is 78.1 Å². The molecule has 0 spiro atoms. The first-order valence-corrected chi connectivity index (χ1v) is 19.1. The molecule has 0 saturated carbocycles.